The number of hydrogen-bond donors (Lipinski definition) is 0. The number of rotatable bonds is 6. The van der Waals surface area contributed by atoms with Gasteiger partial charge < -0.3 is 0 Å². The normalized spacial score (nSPS) is 12.7. The van der Waals surface area contributed by atoms with Crippen molar-refractivity contribution in [3.05, 3.63) is 63.8 Å². The first-order valence-electron chi connectivity index (χ1n) is 7.29. The molecule has 11 heteroatoms. The van der Waals surface area contributed by atoms with Gasteiger partial charge in [-0.05, 0) is 31.2 Å². The van der Waals surface area contributed by atoms with E-state index in [9.17, 15) is 18.5 Å². The maximum absolute atomic E-state index is 12.3. The Kier molecular flexibility index (Phi) is 5.02. The van der Waals surface area contributed by atoms with E-state index in [1.165, 1.54) is 18.3 Å². The molecule has 3 rings (SSSR count). The summed E-state index contributed by atoms with van der Waals surface area (Å²) in [7, 11) is -4.10. The first kappa shape index (κ1) is 18.0. The third-order valence-corrected chi connectivity index (χ3v) is 5.78. The zero-order valence-corrected chi connectivity index (χ0v) is 15.0. The summed E-state index contributed by atoms with van der Waals surface area (Å²) < 4.78 is 29.8. The Morgan fingerprint density at radius 2 is 1.88 bits per heavy atom. The minimum atomic E-state index is -4.10. The molecule has 9 nitrogen and oxygen atoms in total. The second kappa shape index (κ2) is 7.23. The molecular formula is C15H12N4O5S2. The van der Waals surface area contributed by atoms with E-state index in [1.54, 1.807) is 18.3 Å². The Bertz CT molecular complexity index is 1020. The quantitative estimate of drug-likeness (QED) is 0.356. The van der Waals surface area contributed by atoms with Crippen LogP contribution >= 0.6 is 11.3 Å². The fourth-order valence-corrected chi connectivity index (χ4v) is 3.93. The van der Waals surface area contributed by atoms with Gasteiger partial charge in [-0.2, -0.15) is 8.42 Å². The standard InChI is InChI=1S/C15H12N4O5S2/c1-10(14-17-18-15(25-14)13-4-2-3-9-16-13)24-26(22,23)12-7-5-11(6-8-12)19(20)21/h2-10H,1H3/t10-/m1/s1. The van der Waals surface area contributed by atoms with E-state index in [0.29, 0.717) is 15.7 Å². The molecule has 0 radical (unpaired) electrons. The second-order valence-electron chi connectivity index (χ2n) is 5.10. The first-order chi connectivity index (χ1) is 12.4. The largest absolute Gasteiger partial charge is 0.297 e. The zero-order valence-electron chi connectivity index (χ0n) is 13.3. The van der Waals surface area contributed by atoms with Crippen molar-refractivity contribution < 1.29 is 17.5 Å². The highest BCUT2D eigenvalue weighted by atomic mass is 32.2. The van der Waals surface area contributed by atoms with Crippen molar-refractivity contribution in [2.24, 2.45) is 0 Å². The van der Waals surface area contributed by atoms with Gasteiger partial charge in [0.1, 0.15) is 16.8 Å². The number of nitro groups is 1. The molecule has 0 N–H and O–H groups in total. The predicted octanol–water partition coefficient (Wildman–Crippen LogP) is 2.97. The SMILES string of the molecule is C[C@@H](OS(=O)(=O)c1ccc([N+](=O)[O-])cc1)c1nnc(-c2ccccn2)s1. The average Bonchev–Trinajstić information content (AvgIpc) is 3.12. The van der Waals surface area contributed by atoms with Gasteiger partial charge >= 0.3 is 0 Å². The third-order valence-electron chi connectivity index (χ3n) is 3.28. The van der Waals surface area contributed by atoms with E-state index in [2.05, 4.69) is 15.2 Å². The minimum Gasteiger partial charge on any atom is -0.258 e. The van der Waals surface area contributed by atoms with Crippen LogP contribution in [0.15, 0.2) is 53.6 Å². The van der Waals surface area contributed by atoms with E-state index in [-0.39, 0.29) is 10.6 Å². The van der Waals surface area contributed by atoms with Crippen molar-refractivity contribution >= 4 is 27.1 Å². The van der Waals surface area contributed by atoms with Crippen LogP contribution in [0.3, 0.4) is 0 Å². The highest BCUT2D eigenvalue weighted by molar-refractivity contribution is 7.86. The monoisotopic (exact) mass is 392 g/mol. The topological polar surface area (TPSA) is 125 Å². The number of non-ortho nitro benzene ring substituents is 1. The Hall–Kier alpha value is -2.76. The van der Waals surface area contributed by atoms with E-state index in [0.717, 1.165) is 24.3 Å². The van der Waals surface area contributed by atoms with Crippen LogP contribution in [0.4, 0.5) is 5.69 Å². The summed E-state index contributed by atoms with van der Waals surface area (Å²) in [6.45, 7) is 1.53. The molecule has 0 unspecified atom stereocenters. The number of benzene rings is 1. The van der Waals surface area contributed by atoms with E-state index >= 15 is 0 Å². The summed E-state index contributed by atoms with van der Waals surface area (Å²) in [5, 5.41) is 19.5. The van der Waals surface area contributed by atoms with E-state index < -0.39 is 21.1 Å². The van der Waals surface area contributed by atoms with Crippen LogP contribution in [0.5, 0.6) is 0 Å². The molecule has 26 heavy (non-hydrogen) atoms. The Morgan fingerprint density at radius 3 is 2.50 bits per heavy atom. The van der Waals surface area contributed by atoms with Gasteiger partial charge in [-0.15, -0.1) is 10.2 Å². The van der Waals surface area contributed by atoms with E-state index in [4.69, 9.17) is 4.18 Å². The lowest BCUT2D eigenvalue weighted by Gasteiger charge is -2.10. The summed E-state index contributed by atoms with van der Waals surface area (Å²) in [5.74, 6) is 0. The van der Waals surface area contributed by atoms with Crippen molar-refractivity contribution in [1.29, 1.82) is 0 Å². The van der Waals surface area contributed by atoms with Gasteiger partial charge in [0.25, 0.3) is 15.8 Å². The van der Waals surface area contributed by atoms with Crippen molar-refractivity contribution in [2.45, 2.75) is 17.9 Å². The first-order valence-corrected chi connectivity index (χ1v) is 9.52. The molecule has 0 amide bonds. The molecule has 1 atom stereocenters. The highest BCUT2D eigenvalue weighted by Gasteiger charge is 2.24. The lowest BCUT2D eigenvalue weighted by molar-refractivity contribution is -0.384. The van der Waals surface area contributed by atoms with Crippen LogP contribution in [0, 0.1) is 10.1 Å². The lowest BCUT2D eigenvalue weighted by atomic mass is 10.3. The molecule has 0 aliphatic carbocycles. The molecule has 0 spiro atoms. The summed E-state index contributed by atoms with van der Waals surface area (Å²) in [6, 6.07) is 9.80. The molecule has 0 saturated heterocycles. The second-order valence-corrected chi connectivity index (χ2v) is 7.69. The fraction of sp³-hybridized carbons (Fsp3) is 0.133. The molecule has 0 aliphatic rings. The lowest BCUT2D eigenvalue weighted by Crippen LogP contribution is -2.10. The van der Waals surface area contributed by atoms with Crippen LogP contribution < -0.4 is 0 Å². The molecular weight excluding hydrogens is 380 g/mol. The Morgan fingerprint density at radius 1 is 1.15 bits per heavy atom. The molecule has 0 fully saturated rings. The zero-order chi connectivity index (χ0) is 18.7. The molecule has 1 aromatic carbocycles. The van der Waals surface area contributed by atoms with Gasteiger partial charge in [-0.3, -0.25) is 19.3 Å². The van der Waals surface area contributed by atoms with Gasteiger partial charge in [-0.1, -0.05) is 17.4 Å². The molecule has 0 saturated carbocycles. The summed E-state index contributed by atoms with van der Waals surface area (Å²) in [4.78, 5) is 14.0. The van der Waals surface area contributed by atoms with E-state index in [1.807, 2.05) is 6.07 Å². The maximum Gasteiger partial charge on any atom is 0.297 e. The predicted molar refractivity (Wildman–Crippen MR) is 92.9 cm³/mol. The van der Waals surface area contributed by atoms with Crippen molar-refractivity contribution in [2.75, 3.05) is 0 Å². The Labute approximate surface area is 152 Å². The highest BCUT2D eigenvalue weighted by Crippen LogP contribution is 2.29. The van der Waals surface area contributed by atoms with Gasteiger partial charge in [0.2, 0.25) is 0 Å². The molecule has 0 bridgehead atoms. The van der Waals surface area contributed by atoms with Crippen LogP contribution in [0.2, 0.25) is 0 Å². The van der Waals surface area contributed by atoms with Gasteiger partial charge in [0.05, 0.1) is 9.82 Å². The number of hydrogen-bond acceptors (Lipinski definition) is 9. The Balaban J connectivity index is 1.77. The summed E-state index contributed by atoms with van der Waals surface area (Å²) in [6.07, 6.45) is 0.750. The third kappa shape index (κ3) is 3.90. The smallest absolute Gasteiger partial charge is 0.258 e. The van der Waals surface area contributed by atoms with Crippen LogP contribution in [-0.2, 0) is 14.3 Å². The molecule has 3 aromatic rings. The molecule has 2 aromatic heterocycles. The fourth-order valence-electron chi connectivity index (χ4n) is 2.01. The van der Waals surface area contributed by atoms with Crippen LogP contribution in [0.1, 0.15) is 18.0 Å². The van der Waals surface area contributed by atoms with Crippen molar-refractivity contribution in [3.63, 3.8) is 0 Å². The van der Waals surface area contributed by atoms with Gasteiger partial charge in [0, 0.05) is 18.3 Å². The van der Waals surface area contributed by atoms with Gasteiger partial charge in [0.15, 0.2) is 5.01 Å². The average molecular weight is 392 g/mol. The summed E-state index contributed by atoms with van der Waals surface area (Å²) >= 11 is 1.17. The number of nitro benzene ring substituents is 1. The van der Waals surface area contributed by atoms with Crippen molar-refractivity contribution in [1.82, 2.24) is 15.2 Å². The maximum atomic E-state index is 12.3. The van der Waals surface area contributed by atoms with Crippen LogP contribution in [-0.4, -0.2) is 28.5 Å². The number of aromatic nitrogens is 3. The van der Waals surface area contributed by atoms with Crippen LogP contribution in [0.25, 0.3) is 10.7 Å². The number of pyridine rings is 1. The molecule has 0 aliphatic heterocycles. The van der Waals surface area contributed by atoms with Gasteiger partial charge in [-0.25, -0.2) is 0 Å². The molecule has 2 heterocycles. The number of nitrogens with zero attached hydrogens (tertiary/aromatic N) is 4. The minimum absolute atomic E-state index is 0.176. The molecule has 134 valence electrons. The summed E-state index contributed by atoms with van der Waals surface area (Å²) in [5.41, 5.74) is 0.419. The van der Waals surface area contributed by atoms with Crippen molar-refractivity contribution in [3.8, 4) is 10.7 Å².